The van der Waals surface area contributed by atoms with Gasteiger partial charge in [0.2, 0.25) is 11.8 Å². The first-order valence-corrected chi connectivity index (χ1v) is 14.4. The maximum atomic E-state index is 13.9. The van der Waals surface area contributed by atoms with Gasteiger partial charge in [-0.25, -0.2) is 4.90 Å². The Morgan fingerprint density at radius 2 is 1.73 bits per heavy atom. The minimum Gasteiger partial charge on any atom is -0.497 e. The van der Waals surface area contributed by atoms with E-state index in [0.717, 1.165) is 27.3 Å². The Labute approximate surface area is 242 Å². The quantitative estimate of drug-likeness (QED) is 0.283. The summed E-state index contributed by atoms with van der Waals surface area (Å²) in [7, 11) is 3.10. The summed E-state index contributed by atoms with van der Waals surface area (Å²) in [5.41, 5.74) is 2.13. The Morgan fingerprint density at radius 3 is 2.45 bits per heavy atom. The lowest BCUT2D eigenvalue weighted by atomic mass is 9.83. The lowest BCUT2D eigenvalue weighted by Crippen LogP contribution is -2.32. The molecule has 0 spiro atoms. The topological polar surface area (TPSA) is 97.9 Å². The number of nitrogens with zero attached hydrogens (tertiary/aromatic N) is 1. The van der Waals surface area contributed by atoms with Crippen LogP contribution in [0.5, 0.6) is 17.2 Å². The number of carbonyl (C=O) groups excluding carboxylic acids is 2. The van der Waals surface area contributed by atoms with Gasteiger partial charge in [-0.1, -0.05) is 52.9 Å². The molecule has 0 aliphatic carbocycles. The number of carbonyl (C=O) groups is 2. The van der Waals surface area contributed by atoms with Crippen LogP contribution < -0.4 is 24.0 Å². The Morgan fingerprint density at radius 1 is 0.925 bits per heavy atom. The Hall–Kier alpha value is -3.73. The maximum absolute atomic E-state index is 13.9. The Kier molecular flexibility index (Phi) is 7.07. The van der Waals surface area contributed by atoms with Crippen LogP contribution in [0.4, 0.5) is 5.69 Å². The molecule has 11 heteroatoms. The highest BCUT2D eigenvalue weighted by Crippen LogP contribution is 2.53. The fourth-order valence-corrected chi connectivity index (χ4v) is 7.87. The zero-order chi connectivity index (χ0) is 28.0. The maximum Gasteiger partial charge on any atom is 0.305 e. The van der Waals surface area contributed by atoms with Crippen LogP contribution in [0.3, 0.4) is 0 Å². The molecule has 1 saturated heterocycles. The van der Waals surface area contributed by atoms with Crippen LogP contribution in [-0.4, -0.2) is 36.3 Å². The molecule has 3 atom stereocenters. The number of rotatable bonds is 7. The molecule has 2 aliphatic rings. The summed E-state index contributed by atoms with van der Waals surface area (Å²) in [6, 6.07) is 19.7. The van der Waals surface area contributed by atoms with Gasteiger partial charge in [0, 0.05) is 15.8 Å². The molecule has 0 bridgehead atoms. The lowest BCUT2D eigenvalue weighted by Gasteiger charge is -2.30. The minimum absolute atomic E-state index is 0.233. The Bertz CT molecular complexity index is 1670. The second kappa shape index (κ2) is 10.7. The van der Waals surface area contributed by atoms with Crippen molar-refractivity contribution in [3.63, 3.8) is 0 Å². The number of ether oxygens (including phenoxy) is 3. The molecule has 6 rings (SSSR count). The van der Waals surface area contributed by atoms with Gasteiger partial charge in [-0.2, -0.15) is 0 Å². The van der Waals surface area contributed by atoms with Crippen molar-refractivity contribution in [2.24, 2.45) is 5.92 Å². The van der Waals surface area contributed by atoms with Gasteiger partial charge in [0.05, 0.1) is 30.9 Å². The number of H-pyrrole nitrogens is 1. The highest BCUT2D eigenvalue weighted by Gasteiger charge is 2.56. The predicted molar refractivity (Wildman–Crippen MR) is 154 cm³/mol. The van der Waals surface area contributed by atoms with E-state index in [1.165, 1.54) is 16.7 Å². The molecule has 4 aromatic rings. The number of anilines is 1. The van der Waals surface area contributed by atoms with Crippen molar-refractivity contribution in [2.45, 2.75) is 22.8 Å². The van der Waals surface area contributed by atoms with Gasteiger partial charge in [-0.15, -0.1) is 0 Å². The van der Waals surface area contributed by atoms with Gasteiger partial charge in [-0.05, 0) is 59.7 Å². The molecule has 0 saturated carbocycles. The van der Waals surface area contributed by atoms with Gasteiger partial charge >= 0.3 is 4.87 Å². The fourth-order valence-electron chi connectivity index (χ4n) is 5.15. The van der Waals surface area contributed by atoms with E-state index in [4.69, 9.17) is 25.8 Å². The number of aromatic nitrogens is 1. The molecule has 3 aromatic carbocycles. The number of aromatic amines is 1. The van der Waals surface area contributed by atoms with Crippen molar-refractivity contribution in [3.05, 3.63) is 97.4 Å². The molecule has 8 nitrogen and oxygen atoms in total. The molecule has 204 valence electrons. The van der Waals surface area contributed by atoms with Gasteiger partial charge in [-0.3, -0.25) is 14.4 Å². The van der Waals surface area contributed by atoms with Gasteiger partial charge in [0.1, 0.15) is 17.6 Å². The standard InChI is InChI=1S/C29H23ClN2O6S2/c1-36-19-9-7-18(8-10-19)32-27(33)23-22(24-26(31-29(35)40-24)39-25(23)28(32)34)16-6-11-20(21(13-16)37-2)38-14-15-4-3-5-17(30)12-15/h3-13,22-23,25H,14H2,1-2H3,(H,31,35)/t22-,23-,25+/m0/s1. The van der Waals surface area contributed by atoms with Gasteiger partial charge in [0.15, 0.2) is 11.5 Å². The van der Waals surface area contributed by atoms with E-state index in [1.54, 1.807) is 50.6 Å². The molecule has 2 aliphatic heterocycles. The summed E-state index contributed by atoms with van der Waals surface area (Å²) in [6.45, 7) is 0.286. The normalized spacial score (nSPS) is 19.8. The average Bonchev–Trinajstić information content (AvgIpc) is 3.46. The fraction of sp³-hybridized carbons (Fsp3) is 0.207. The number of hydrogen-bond donors (Lipinski definition) is 1. The molecule has 2 amide bonds. The van der Waals surface area contributed by atoms with E-state index >= 15 is 0 Å². The molecule has 0 unspecified atom stereocenters. The summed E-state index contributed by atoms with van der Waals surface area (Å²) >= 11 is 8.39. The molecule has 3 heterocycles. The summed E-state index contributed by atoms with van der Waals surface area (Å²) in [5.74, 6) is -0.253. The Balaban J connectivity index is 1.36. The number of imide groups is 1. The third kappa shape index (κ3) is 4.66. The number of amides is 2. The van der Waals surface area contributed by atoms with E-state index in [9.17, 15) is 14.4 Å². The van der Waals surface area contributed by atoms with Crippen molar-refractivity contribution in [1.29, 1.82) is 0 Å². The van der Waals surface area contributed by atoms with Crippen LogP contribution in [-0.2, 0) is 16.2 Å². The van der Waals surface area contributed by atoms with Crippen LogP contribution >= 0.6 is 34.7 Å². The summed E-state index contributed by atoms with van der Waals surface area (Å²) in [4.78, 5) is 44.5. The van der Waals surface area contributed by atoms with Crippen LogP contribution in [0.1, 0.15) is 21.9 Å². The van der Waals surface area contributed by atoms with Crippen LogP contribution in [0, 0.1) is 5.92 Å². The summed E-state index contributed by atoms with van der Waals surface area (Å²) in [6.07, 6.45) is 0. The number of hydrogen-bond acceptors (Lipinski definition) is 8. The highest BCUT2D eigenvalue weighted by atomic mass is 35.5. The van der Waals surface area contributed by atoms with Crippen molar-refractivity contribution >= 4 is 52.2 Å². The lowest BCUT2D eigenvalue weighted by molar-refractivity contribution is -0.122. The highest BCUT2D eigenvalue weighted by molar-refractivity contribution is 8.00. The number of fused-ring (bicyclic) bond motifs is 2. The number of halogens is 1. The molecular formula is C29H23ClN2O6S2. The minimum atomic E-state index is -0.707. The second-order valence-electron chi connectivity index (χ2n) is 9.29. The van der Waals surface area contributed by atoms with E-state index in [0.29, 0.717) is 33.0 Å². The van der Waals surface area contributed by atoms with E-state index in [-0.39, 0.29) is 23.3 Å². The summed E-state index contributed by atoms with van der Waals surface area (Å²) < 4.78 is 16.9. The zero-order valence-corrected chi connectivity index (χ0v) is 23.8. The first-order valence-electron chi connectivity index (χ1n) is 12.3. The third-order valence-electron chi connectivity index (χ3n) is 6.98. The SMILES string of the molecule is COc1ccc(N2C(=O)[C@H]3[C@H](c4ccc(OCc5cccc(Cl)c5)c(OC)c4)c4sc(=O)[nH]c4S[C@H]3C2=O)cc1. The molecule has 1 N–H and O–H groups in total. The largest absolute Gasteiger partial charge is 0.497 e. The van der Waals surface area contributed by atoms with Crippen molar-refractivity contribution in [2.75, 3.05) is 19.1 Å². The molecule has 1 fully saturated rings. The number of benzene rings is 3. The van der Waals surface area contributed by atoms with Crippen LogP contribution in [0.2, 0.25) is 5.02 Å². The predicted octanol–water partition coefficient (Wildman–Crippen LogP) is 5.48. The smallest absolute Gasteiger partial charge is 0.305 e. The first-order chi connectivity index (χ1) is 19.4. The van der Waals surface area contributed by atoms with E-state index < -0.39 is 17.1 Å². The zero-order valence-electron chi connectivity index (χ0n) is 21.4. The second-order valence-corrected chi connectivity index (χ2v) is 11.9. The van der Waals surface area contributed by atoms with Crippen LogP contribution in [0.25, 0.3) is 0 Å². The number of nitrogens with one attached hydrogen (secondary N) is 1. The number of thioether (sulfide) groups is 1. The third-order valence-corrected chi connectivity index (χ3v) is 9.62. The molecule has 0 radical (unpaired) electrons. The first kappa shape index (κ1) is 26.5. The molecule has 1 aromatic heterocycles. The van der Waals surface area contributed by atoms with Crippen molar-refractivity contribution in [1.82, 2.24) is 4.98 Å². The summed E-state index contributed by atoms with van der Waals surface area (Å²) in [5, 5.41) is 0.537. The van der Waals surface area contributed by atoms with Crippen molar-refractivity contribution < 1.29 is 23.8 Å². The van der Waals surface area contributed by atoms with E-state index in [2.05, 4.69) is 4.98 Å². The van der Waals surface area contributed by atoms with E-state index in [1.807, 2.05) is 30.3 Å². The average molecular weight is 595 g/mol. The van der Waals surface area contributed by atoms with Crippen molar-refractivity contribution in [3.8, 4) is 17.2 Å². The van der Waals surface area contributed by atoms with Gasteiger partial charge < -0.3 is 19.2 Å². The monoisotopic (exact) mass is 594 g/mol. The molecule has 40 heavy (non-hydrogen) atoms. The van der Waals surface area contributed by atoms with Crippen LogP contribution in [0.15, 0.2) is 76.6 Å². The number of methoxy groups -OCH3 is 2. The van der Waals surface area contributed by atoms with Gasteiger partial charge in [0.25, 0.3) is 0 Å². The number of thiazole rings is 1. The molecular weight excluding hydrogens is 572 g/mol.